The highest BCUT2D eigenvalue weighted by Gasteiger charge is 2.16. The van der Waals surface area contributed by atoms with Crippen molar-refractivity contribution < 1.29 is 0 Å². The molecule has 0 spiro atoms. The first-order chi connectivity index (χ1) is 9.55. The molecular formula is C15H19BrIN3. The van der Waals surface area contributed by atoms with Gasteiger partial charge in [0.2, 0.25) is 0 Å². The Bertz CT molecular complexity index is 595. The van der Waals surface area contributed by atoms with Gasteiger partial charge in [-0.3, -0.25) is 4.68 Å². The van der Waals surface area contributed by atoms with E-state index in [2.05, 4.69) is 80.1 Å². The van der Waals surface area contributed by atoms with Crippen molar-refractivity contribution in [2.75, 3.05) is 7.05 Å². The molecule has 1 aromatic carbocycles. The number of aromatic nitrogens is 2. The molecule has 1 aromatic heterocycles. The van der Waals surface area contributed by atoms with Crippen LogP contribution in [0.4, 0.5) is 0 Å². The lowest BCUT2D eigenvalue weighted by Crippen LogP contribution is -2.21. The number of hydrogen-bond acceptors (Lipinski definition) is 2. The van der Waals surface area contributed by atoms with Gasteiger partial charge in [-0.1, -0.05) is 22.9 Å². The van der Waals surface area contributed by atoms with Gasteiger partial charge in [-0.2, -0.15) is 5.10 Å². The number of nitrogens with one attached hydrogen (secondary N) is 1. The Morgan fingerprint density at radius 3 is 2.75 bits per heavy atom. The second-order valence-electron chi connectivity index (χ2n) is 4.82. The molecule has 0 aliphatic rings. The minimum atomic E-state index is 0.291. The van der Waals surface area contributed by atoms with Crippen LogP contribution in [0.15, 0.2) is 28.7 Å². The summed E-state index contributed by atoms with van der Waals surface area (Å²) >= 11 is 5.96. The third-order valence-electron chi connectivity index (χ3n) is 3.48. The van der Waals surface area contributed by atoms with Crippen LogP contribution >= 0.6 is 38.5 Å². The van der Waals surface area contributed by atoms with Crippen molar-refractivity contribution >= 4 is 38.5 Å². The lowest BCUT2D eigenvalue weighted by atomic mass is 10.0. The van der Waals surface area contributed by atoms with E-state index in [1.54, 1.807) is 0 Å². The van der Waals surface area contributed by atoms with Crippen molar-refractivity contribution in [3.8, 4) is 0 Å². The molecule has 0 saturated carbocycles. The van der Waals surface area contributed by atoms with Crippen LogP contribution in [0.25, 0.3) is 0 Å². The van der Waals surface area contributed by atoms with E-state index in [1.807, 2.05) is 18.8 Å². The van der Waals surface area contributed by atoms with E-state index in [1.165, 1.54) is 14.8 Å². The zero-order valence-corrected chi connectivity index (χ0v) is 15.7. The van der Waals surface area contributed by atoms with Crippen LogP contribution in [0.2, 0.25) is 0 Å². The van der Waals surface area contributed by atoms with E-state index >= 15 is 0 Å². The number of aryl methyl sites for hydroxylation is 2. The first-order valence-corrected chi connectivity index (χ1v) is 8.56. The first-order valence-electron chi connectivity index (χ1n) is 6.69. The molecular weight excluding hydrogens is 429 g/mol. The van der Waals surface area contributed by atoms with Gasteiger partial charge >= 0.3 is 0 Å². The fraction of sp³-hybridized carbons (Fsp3) is 0.400. The molecule has 1 N–H and O–H groups in total. The summed E-state index contributed by atoms with van der Waals surface area (Å²) in [7, 11) is 4.03. The number of benzene rings is 1. The summed E-state index contributed by atoms with van der Waals surface area (Å²) in [5, 5.41) is 7.95. The van der Waals surface area contributed by atoms with Gasteiger partial charge in [0.1, 0.15) is 0 Å². The maximum atomic E-state index is 4.53. The first kappa shape index (κ1) is 16.0. The monoisotopic (exact) mass is 447 g/mol. The minimum Gasteiger partial charge on any atom is -0.313 e. The van der Waals surface area contributed by atoms with Crippen LogP contribution in [-0.2, 0) is 19.9 Å². The summed E-state index contributed by atoms with van der Waals surface area (Å²) in [5.41, 5.74) is 3.74. The molecule has 0 fully saturated rings. The van der Waals surface area contributed by atoms with E-state index in [0.717, 1.165) is 23.0 Å². The minimum absolute atomic E-state index is 0.291. The zero-order valence-electron chi connectivity index (χ0n) is 12.0. The van der Waals surface area contributed by atoms with Gasteiger partial charge in [0, 0.05) is 33.2 Å². The Balaban J connectivity index is 2.28. The van der Waals surface area contributed by atoms with E-state index in [-0.39, 0.29) is 0 Å². The summed E-state index contributed by atoms with van der Waals surface area (Å²) < 4.78 is 4.39. The Morgan fingerprint density at radius 1 is 1.40 bits per heavy atom. The lowest BCUT2D eigenvalue weighted by molar-refractivity contribution is 0.559. The summed E-state index contributed by atoms with van der Waals surface area (Å²) in [6, 6.07) is 8.91. The Morgan fingerprint density at radius 2 is 2.15 bits per heavy atom. The van der Waals surface area contributed by atoms with Gasteiger partial charge in [0.05, 0.1) is 5.69 Å². The standard InChI is InChI=1S/C15H19BrIN3/c1-4-11-8-12(20(3)19-11)9-15(18-2)13-7-10(16)5-6-14(13)17/h5-8,15,18H,4,9H2,1-3H3. The molecule has 0 aliphatic carbocycles. The molecule has 0 bridgehead atoms. The Labute approximate surface area is 142 Å². The van der Waals surface area contributed by atoms with Gasteiger partial charge < -0.3 is 5.32 Å². The van der Waals surface area contributed by atoms with Gasteiger partial charge in [0.25, 0.3) is 0 Å². The average Bonchev–Trinajstić information content (AvgIpc) is 2.79. The van der Waals surface area contributed by atoms with Gasteiger partial charge in [-0.25, -0.2) is 0 Å². The Kier molecular flexibility index (Phi) is 5.63. The van der Waals surface area contributed by atoms with E-state index in [0.29, 0.717) is 6.04 Å². The van der Waals surface area contributed by atoms with Crippen LogP contribution < -0.4 is 5.32 Å². The third-order valence-corrected chi connectivity index (χ3v) is 4.96. The summed E-state index contributed by atoms with van der Waals surface area (Å²) in [4.78, 5) is 0. The molecule has 1 heterocycles. The maximum absolute atomic E-state index is 4.53. The highest BCUT2D eigenvalue weighted by Crippen LogP contribution is 2.26. The van der Waals surface area contributed by atoms with Crippen molar-refractivity contribution in [3.05, 3.63) is 49.3 Å². The normalized spacial score (nSPS) is 12.7. The molecule has 3 nitrogen and oxygen atoms in total. The second-order valence-corrected chi connectivity index (χ2v) is 6.89. The molecule has 1 atom stereocenters. The molecule has 108 valence electrons. The van der Waals surface area contributed by atoms with Crippen molar-refractivity contribution in [2.45, 2.75) is 25.8 Å². The SMILES string of the molecule is CCc1cc(CC(NC)c2cc(Br)ccc2I)n(C)n1. The highest BCUT2D eigenvalue weighted by atomic mass is 127. The van der Waals surface area contributed by atoms with Crippen molar-refractivity contribution in [1.29, 1.82) is 0 Å². The molecule has 5 heteroatoms. The molecule has 20 heavy (non-hydrogen) atoms. The quantitative estimate of drug-likeness (QED) is 0.705. The molecule has 0 radical (unpaired) electrons. The summed E-state index contributed by atoms with van der Waals surface area (Å²) in [6.07, 6.45) is 1.92. The third kappa shape index (κ3) is 3.62. The van der Waals surface area contributed by atoms with Gasteiger partial charge in [0.15, 0.2) is 0 Å². The summed E-state index contributed by atoms with van der Waals surface area (Å²) in [5.74, 6) is 0. The predicted octanol–water partition coefficient (Wildman–Crippen LogP) is 3.85. The maximum Gasteiger partial charge on any atom is 0.0624 e. The van der Waals surface area contributed by atoms with Crippen molar-refractivity contribution in [2.24, 2.45) is 7.05 Å². The molecule has 1 unspecified atom stereocenters. The fourth-order valence-electron chi connectivity index (χ4n) is 2.29. The van der Waals surface area contributed by atoms with Crippen LogP contribution in [0.3, 0.4) is 0 Å². The molecule has 2 rings (SSSR count). The summed E-state index contributed by atoms with van der Waals surface area (Å²) in [6.45, 7) is 2.14. The molecule has 0 saturated heterocycles. The van der Waals surface area contributed by atoms with Gasteiger partial charge in [-0.05, 0) is 65.9 Å². The van der Waals surface area contributed by atoms with Crippen LogP contribution in [0, 0.1) is 3.57 Å². The van der Waals surface area contributed by atoms with Crippen molar-refractivity contribution in [3.63, 3.8) is 0 Å². The van der Waals surface area contributed by atoms with E-state index < -0.39 is 0 Å². The van der Waals surface area contributed by atoms with E-state index in [4.69, 9.17) is 0 Å². The number of likely N-dealkylation sites (N-methyl/N-ethyl adjacent to an activating group) is 1. The molecule has 2 aromatic rings. The van der Waals surface area contributed by atoms with Crippen LogP contribution in [-0.4, -0.2) is 16.8 Å². The lowest BCUT2D eigenvalue weighted by Gasteiger charge is -2.18. The fourth-order valence-corrected chi connectivity index (χ4v) is 3.38. The topological polar surface area (TPSA) is 29.9 Å². The van der Waals surface area contributed by atoms with Crippen molar-refractivity contribution in [1.82, 2.24) is 15.1 Å². The number of rotatable bonds is 5. The molecule has 0 amide bonds. The van der Waals surface area contributed by atoms with E-state index in [9.17, 15) is 0 Å². The largest absolute Gasteiger partial charge is 0.313 e. The predicted molar refractivity (Wildman–Crippen MR) is 94.9 cm³/mol. The van der Waals surface area contributed by atoms with Crippen LogP contribution in [0.5, 0.6) is 0 Å². The highest BCUT2D eigenvalue weighted by molar-refractivity contribution is 14.1. The smallest absolute Gasteiger partial charge is 0.0624 e. The molecule has 0 aliphatic heterocycles. The van der Waals surface area contributed by atoms with Gasteiger partial charge in [-0.15, -0.1) is 0 Å². The number of nitrogens with zero attached hydrogens (tertiary/aromatic N) is 2. The second kappa shape index (κ2) is 7.04. The number of halogens is 2. The average molecular weight is 448 g/mol. The Hall–Kier alpha value is -0.400. The van der Waals surface area contributed by atoms with Crippen LogP contribution in [0.1, 0.15) is 29.9 Å². The zero-order chi connectivity index (χ0) is 14.7. The number of hydrogen-bond donors (Lipinski definition) is 1.